The normalized spacial score (nSPS) is 11.2. The van der Waals surface area contributed by atoms with Gasteiger partial charge in [0.25, 0.3) is 0 Å². The molecule has 2 amide bonds. The fourth-order valence-corrected chi connectivity index (χ4v) is 2.45. The molecule has 0 bridgehead atoms. The van der Waals surface area contributed by atoms with E-state index in [1.165, 1.54) is 10.5 Å². The number of benzene rings is 1. The molecule has 1 rings (SSSR count). The van der Waals surface area contributed by atoms with E-state index in [1.807, 2.05) is 53.7 Å². The monoisotopic (exact) mass is 304 g/mol. The van der Waals surface area contributed by atoms with E-state index in [1.54, 1.807) is 7.05 Å². The van der Waals surface area contributed by atoms with Gasteiger partial charge >= 0.3 is 0 Å². The Hall–Kier alpha value is -1.84. The predicted molar refractivity (Wildman–Crippen MR) is 91.0 cm³/mol. The zero-order valence-corrected chi connectivity index (χ0v) is 14.8. The van der Waals surface area contributed by atoms with Gasteiger partial charge in [-0.1, -0.05) is 38.5 Å². The quantitative estimate of drug-likeness (QED) is 0.926. The van der Waals surface area contributed by atoms with Crippen LogP contribution >= 0.6 is 0 Å². The van der Waals surface area contributed by atoms with E-state index in [0.29, 0.717) is 6.42 Å². The average Bonchev–Trinajstić information content (AvgIpc) is 2.31. The summed E-state index contributed by atoms with van der Waals surface area (Å²) in [6.07, 6.45) is 0.430. The molecule has 0 aliphatic rings. The number of rotatable bonds is 4. The molecule has 22 heavy (non-hydrogen) atoms. The SMILES string of the molecule is Cc1cc(C)c(NC(=O)CN(C)C(=O)CC(C)(C)C)c(C)c1. The topological polar surface area (TPSA) is 49.4 Å². The van der Waals surface area contributed by atoms with Gasteiger partial charge in [-0.2, -0.15) is 0 Å². The lowest BCUT2D eigenvalue weighted by molar-refractivity contribution is -0.134. The van der Waals surface area contributed by atoms with Crippen molar-refractivity contribution in [3.8, 4) is 0 Å². The van der Waals surface area contributed by atoms with Crippen molar-refractivity contribution >= 4 is 17.5 Å². The molecule has 4 heteroatoms. The van der Waals surface area contributed by atoms with E-state index >= 15 is 0 Å². The fraction of sp³-hybridized carbons (Fsp3) is 0.556. The van der Waals surface area contributed by atoms with Crippen LogP contribution in [0.5, 0.6) is 0 Å². The van der Waals surface area contributed by atoms with Gasteiger partial charge in [0.05, 0.1) is 6.54 Å². The van der Waals surface area contributed by atoms with Crippen molar-refractivity contribution < 1.29 is 9.59 Å². The molecule has 0 saturated carbocycles. The van der Waals surface area contributed by atoms with Gasteiger partial charge in [-0.3, -0.25) is 9.59 Å². The smallest absolute Gasteiger partial charge is 0.243 e. The highest BCUT2D eigenvalue weighted by Crippen LogP contribution is 2.22. The Balaban J connectivity index is 2.69. The molecule has 0 saturated heterocycles. The minimum Gasteiger partial charge on any atom is -0.336 e. The van der Waals surface area contributed by atoms with Crippen molar-refractivity contribution in [3.05, 3.63) is 28.8 Å². The van der Waals surface area contributed by atoms with Gasteiger partial charge in [0.15, 0.2) is 0 Å². The largest absolute Gasteiger partial charge is 0.336 e. The number of anilines is 1. The summed E-state index contributed by atoms with van der Waals surface area (Å²) in [6.45, 7) is 12.1. The Labute approximate surface area is 133 Å². The molecule has 0 heterocycles. The van der Waals surface area contributed by atoms with Crippen LogP contribution in [0, 0.1) is 26.2 Å². The molecule has 0 spiro atoms. The minimum absolute atomic E-state index is 0.0139. The molecule has 0 aliphatic carbocycles. The summed E-state index contributed by atoms with van der Waals surface area (Å²) in [4.78, 5) is 25.7. The summed E-state index contributed by atoms with van der Waals surface area (Å²) in [5, 5.41) is 2.92. The first-order chi connectivity index (χ1) is 9.99. The molecule has 1 aromatic carbocycles. The van der Waals surface area contributed by atoms with Crippen LogP contribution in [0.2, 0.25) is 0 Å². The maximum Gasteiger partial charge on any atom is 0.243 e. The van der Waals surface area contributed by atoms with Gasteiger partial charge in [-0.05, 0) is 37.3 Å². The van der Waals surface area contributed by atoms with Crippen LogP contribution in [-0.2, 0) is 9.59 Å². The molecule has 0 atom stereocenters. The Kier molecular flexibility index (Phi) is 5.75. The zero-order chi connectivity index (χ0) is 17.1. The number of aryl methyl sites for hydroxylation is 3. The maximum atomic E-state index is 12.2. The molecule has 0 aromatic heterocycles. The summed E-state index contributed by atoms with van der Waals surface area (Å²) in [5.74, 6) is -0.181. The zero-order valence-electron chi connectivity index (χ0n) is 14.8. The van der Waals surface area contributed by atoms with Crippen LogP contribution in [0.3, 0.4) is 0 Å². The first kappa shape index (κ1) is 18.2. The van der Waals surface area contributed by atoms with Gasteiger partial charge in [0, 0.05) is 19.2 Å². The second-order valence-corrected chi connectivity index (χ2v) is 7.31. The Morgan fingerprint density at radius 1 is 1.09 bits per heavy atom. The van der Waals surface area contributed by atoms with Crippen LogP contribution in [0.25, 0.3) is 0 Å². The highest BCUT2D eigenvalue weighted by Gasteiger charge is 2.20. The van der Waals surface area contributed by atoms with Crippen LogP contribution in [0.4, 0.5) is 5.69 Å². The van der Waals surface area contributed by atoms with Gasteiger partial charge in [-0.15, -0.1) is 0 Å². The molecule has 0 aliphatic heterocycles. The number of likely N-dealkylation sites (N-methyl/N-ethyl adjacent to an activating group) is 1. The Morgan fingerprint density at radius 2 is 1.59 bits per heavy atom. The number of nitrogens with zero attached hydrogens (tertiary/aromatic N) is 1. The first-order valence-corrected chi connectivity index (χ1v) is 7.61. The van der Waals surface area contributed by atoms with Crippen LogP contribution in [0.15, 0.2) is 12.1 Å². The van der Waals surface area contributed by atoms with E-state index in [2.05, 4.69) is 5.32 Å². The van der Waals surface area contributed by atoms with Gasteiger partial charge in [0.1, 0.15) is 0 Å². The first-order valence-electron chi connectivity index (χ1n) is 7.61. The van der Waals surface area contributed by atoms with Crippen LogP contribution in [-0.4, -0.2) is 30.3 Å². The summed E-state index contributed by atoms with van der Waals surface area (Å²) < 4.78 is 0. The molecule has 0 radical (unpaired) electrons. The van der Waals surface area contributed by atoms with Crippen LogP contribution in [0.1, 0.15) is 43.9 Å². The van der Waals surface area contributed by atoms with Gasteiger partial charge in [-0.25, -0.2) is 0 Å². The number of carbonyl (C=O) groups is 2. The number of hydrogen-bond acceptors (Lipinski definition) is 2. The van der Waals surface area contributed by atoms with E-state index in [9.17, 15) is 9.59 Å². The van der Waals surface area contributed by atoms with Crippen molar-refractivity contribution in [1.29, 1.82) is 0 Å². The van der Waals surface area contributed by atoms with E-state index in [4.69, 9.17) is 0 Å². The Morgan fingerprint density at radius 3 is 2.05 bits per heavy atom. The second kappa shape index (κ2) is 6.95. The van der Waals surface area contributed by atoms with E-state index in [-0.39, 0.29) is 23.8 Å². The highest BCUT2D eigenvalue weighted by atomic mass is 16.2. The summed E-state index contributed by atoms with van der Waals surface area (Å²) >= 11 is 0. The number of nitrogens with one attached hydrogen (secondary N) is 1. The third kappa shape index (κ3) is 5.51. The third-order valence-electron chi connectivity index (χ3n) is 3.43. The molecule has 4 nitrogen and oxygen atoms in total. The molecule has 0 unspecified atom stereocenters. The fourth-order valence-electron chi connectivity index (χ4n) is 2.45. The Bertz CT molecular complexity index is 548. The molecular formula is C18H28N2O2. The third-order valence-corrected chi connectivity index (χ3v) is 3.43. The standard InChI is InChI=1S/C18H28N2O2/c1-12-8-13(2)17(14(3)9-12)19-15(21)11-20(7)16(22)10-18(4,5)6/h8-9H,10-11H2,1-7H3,(H,19,21). The summed E-state index contributed by atoms with van der Waals surface area (Å²) in [5.41, 5.74) is 4.01. The van der Waals surface area contributed by atoms with Crippen molar-refractivity contribution in [2.75, 3.05) is 18.9 Å². The van der Waals surface area contributed by atoms with Crippen molar-refractivity contribution in [1.82, 2.24) is 4.90 Å². The molecule has 1 N–H and O–H groups in total. The second-order valence-electron chi connectivity index (χ2n) is 7.31. The predicted octanol–water partition coefficient (Wildman–Crippen LogP) is 3.44. The summed E-state index contributed by atoms with van der Waals surface area (Å²) in [6, 6.07) is 4.08. The maximum absolute atomic E-state index is 12.2. The number of amides is 2. The van der Waals surface area contributed by atoms with Crippen molar-refractivity contribution in [2.24, 2.45) is 5.41 Å². The molecular weight excluding hydrogens is 276 g/mol. The summed E-state index contributed by atoms with van der Waals surface area (Å²) in [7, 11) is 1.67. The lowest BCUT2D eigenvalue weighted by Crippen LogP contribution is -2.36. The lowest BCUT2D eigenvalue weighted by atomic mass is 9.92. The lowest BCUT2D eigenvalue weighted by Gasteiger charge is -2.23. The van der Waals surface area contributed by atoms with E-state index in [0.717, 1.165) is 16.8 Å². The number of hydrogen-bond donors (Lipinski definition) is 1. The van der Waals surface area contributed by atoms with E-state index < -0.39 is 0 Å². The van der Waals surface area contributed by atoms with Crippen molar-refractivity contribution in [2.45, 2.75) is 48.0 Å². The van der Waals surface area contributed by atoms with Crippen LogP contribution < -0.4 is 5.32 Å². The highest BCUT2D eigenvalue weighted by molar-refractivity contribution is 5.95. The number of carbonyl (C=O) groups excluding carboxylic acids is 2. The molecule has 1 aromatic rings. The van der Waals surface area contributed by atoms with Gasteiger partial charge in [0.2, 0.25) is 11.8 Å². The minimum atomic E-state index is -0.167. The molecule has 0 fully saturated rings. The van der Waals surface area contributed by atoms with Gasteiger partial charge < -0.3 is 10.2 Å². The average molecular weight is 304 g/mol. The van der Waals surface area contributed by atoms with Crippen molar-refractivity contribution in [3.63, 3.8) is 0 Å². The molecule has 122 valence electrons.